The highest BCUT2D eigenvalue weighted by Gasteiger charge is 2.21. The maximum atomic E-state index is 12.7. The fourth-order valence-corrected chi connectivity index (χ4v) is 3.34. The predicted molar refractivity (Wildman–Crippen MR) is 92.0 cm³/mol. The Kier molecular flexibility index (Phi) is 3.30. The van der Waals surface area contributed by atoms with E-state index >= 15 is 0 Å². The van der Waals surface area contributed by atoms with Crippen LogP contribution in [0.3, 0.4) is 0 Å². The molecule has 0 spiro atoms. The monoisotopic (exact) mass is 305 g/mol. The maximum absolute atomic E-state index is 12.7. The van der Waals surface area contributed by atoms with Gasteiger partial charge in [0.15, 0.2) is 0 Å². The highest BCUT2D eigenvalue weighted by atomic mass is 16.2. The Morgan fingerprint density at radius 3 is 2.96 bits per heavy atom. The standard InChI is InChI=1S/C19H19N3O/c20-16-6-5-13-7-8-22(12-15(13)9-16)19(23)10-14-11-21-18-4-2-1-3-17(14)18/h1-6,9,11,21H,7-8,10,12,20H2. The Balaban J connectivity index is 1.54. The summed E-state index contributed by atoms with van der Waals surface area (Å²) < 4.78 is 0. The molecule has 1 aromatic heterocycles. The number of hydrogen-bond acceptors (Lipinski definition) is 2. The molecule has 3 N–H and O–H groups in total. The molecule has 0 unspecified atom stereocenters. The Morgan fingerprint density at radius 1 is 1.17 bits per heavy atom. The van der Waals surface area contributed by atoms with Gasteiger partial charge in [-0.25, -0.2) is 0 Å². The number of carbonyl (C=O) groups excluding carboxylic acids is 1. The number of nitrogens with two attached hydrogens (primary N) is 1. The van der Waals surface area contributed by atoms with Crippen LogP contribution in [0.1, 0.15) is 16.7 Å². The van der Waals surface area contributed by atoms with Gasteiger partial charge >= 0.3 is 0 Å². The van der Waals surface area contributed by atoms with E-state index < -0.39 is 0 Å². The fourth-order valence-electron chi connectivity index (χ4n) is 3.34. The van der Waals surface area contributed by atoms with Crippen LogP contribution < -0.4 is 5.73 Å². The third-order valence-electron chi connectivity index (χ3n) is 4.61. The van der Waals surface area contributed by atoms with Gasteiger partial charge in [-0.05, 0) is 41.3 Å². The molecule has 0 saturated carbocycles. The maximum Gasteiger partial charge on any atom is 0.227 e. The predicted octanol–water partition coefficient (Wildman–Crippen LogP) is 2.88. The number of nitrogen functional groups attached to an aromatic ring is 1. The highest BCUT2D eigenvalue weighted by Crippen LogP contribution is 2.23. The zero-order valence-corrected chi connectivity index (χ0v) is 12.9. The summed E-state index contributed by atoms with van der Waals surface area (Å²) in [6.45, 7) is 1.43. The summed E-state index contributed by atoms with van der Waals surface area (Å²) in [5.41, 5.74) is 11.2. The third kappa shape index (κ3) is 2.57. The Bertz CT molecular complexity index is 881. The van der Waals surface area contributed by atoms with Gasteiger partial charge in [-0.2, -0.15) is 0 Å². The van der Waals surface area contributed by atoms with Gasteiger partial charge in [0.1, 0.15) is 0 Å². The van der Waals surface area contributed by atoms with E-state index in [-0.39, 0.29) is 5.91 Å². The number of aromatic nitrogens is 1. The van der Waals surface area contributed by atoms with E-state index in [1.54, 1.807) is 0 Å². The van der Waals surface area contributed by atoms with Crippen molar-refractivity contribution in [2.24, 2.45) is 0 Å². The molecule has 1 aliphatic rings. The lowest BCUT2D eigenvalue weighted by Crippen LogP contribution is -2.36. The van der Waals surface area contributed by atoms with Gasteiger partial charge in [-0.3, -0.25) is 4.79 Å². The van der Waals surface area contributed by atoms with Crippen molar-refractivity contribution in [2.75, 3.05) is 12.3 Å². The van der Waals surface area contributed by atoms with E-state index in [4.69, 9.17) is 5.73 Å². The Morgan fingerprint density at radius 2 is 2.04 bits per heavy atom. The van der Waals surface area contributed by atoms with E-state index in [0.29, 0.717) is 13.0 Å². The molecule has 2 heterocycles. The topological polar surface area (TPSA) is 62.1 Å². The van der Waals surface area contributed by atoms with Crippen LogP contribution in [0.2, 0.25) is 0 Å². The normalized spacial score (nSPS) is 14.0. The van der Waals surface area contributed by atoms with Gasteiger partial charge in [0.25, 0.3) is 0 Å². The Hall–Kier alpha value is -2.75. The number of amides is 1. The number of H-pyrrole nitrogens is 1. The second-order valence-corrected chi connectivity index (χ2v) is 6.13. The van der Waals surface area contributed by atoms with Crippen molar-refractivity contribution in [3.63, 3.8) is 0 Å². The van der Waals surface area contributed by atoms with Crippen molar-refractivity contribution >= 4 is 22.5 Å². The van der Waals surface area contributed by atoms with E-state index in [0.717, 1.165) is 35.1 Å². The van der Waals surface area contributed by atoms with Crippen LogP contribution in [0.25, 0.3) is 10.9 Å². The first kappa shape index (κ1) is 13.9. The molecule has 0 fully saturated rings. The summed E-state index contributed by atoms with van der Waals surface area (Å²) in [6.07, 6.45) is 3.27. The van der Waals surface area contributed by atoms with Crippen molar-refractivity contribution in [3.05, 3.63) is 65.4 Å². The SMILES string of the molecule is Nc1ccc2c(c1)CN(C(=O)Cc1c[nH]c3ccccc13)CC2. The number of benzene rings is 2. The van der Waals surface area contributed by atoms with Crippen molar-refractivity contribution < 1.29 is 4.79 Å². The lowest BCUT2D eigenvalue weighted by Gasteiger charge is -2.29. The van der Waals surface area contributed by atoms with Crippen molar-refractivity contribution in [1.82, 2.24) is 9.88 Å². The van der Waals surface area contributed by atoms with Gasteiger partial charge in [0, 0.05) is 35.9 Å². The minimum absolute atomic E-state index is 0.169. The molecule has 0 bridgehead atoms. The van der Waals surface area contributed by atoms with Gasteiger partial charge in [-0.1, -0.05) is 24.3 Å². The molecular formula is C19H19N3O. The lowest BCUT2D eigenvalue weighted by atomic mass is 9.98. The molecule has 4 rings (SSSR count). The molecule has 116 valence electrons. The summed E-state index contributed by atoms with van der Waals surface area (Å²) in [7, 11) is 0. The van der Waals surface area contributed by atoms with E-state index in [1.165, 1.54) is 11.1 Å². The minimum atomic E-state index is 0.169. The molecule has 4 heteroatoms. The molecule has 1 aliphatic heterocycles. The first-order valence-electron chi connectivity index (χ1n) is 7.91. The van der Waals surface area contributed by atoms with E-state index in [1.807, 2.05) is 41.4 Å². The van der Waals surface area contributed by atoms with Crippen LogP contribution in [0, 0.1) is 0 Å². The molecule has 2 aromatic carbocycles. The zero-order chi connectivity index (χ0) is 15.8. The number of anilines is 1. The first-order chi connectivity index (χ1) is 11.2. The van der Waals surface area contributed by atoms with Crippen LogP contribution >= 0.6 is 0 Å². The second kappa shape index (κ2) is 5.47. The van der Waals surface area contributed by atoms with Crippen molar-refractivity contribution in [3.8, 4) is 0 Å². The summed E-state index contributed by atoms with van der Waals surface area (Å²) in [6, 6.07) is 14.1. The molecule has 0 radical (unpaired) electrons. The number of nitrogens with zero attached hydrogens (tertiary/aromatic N) is 1. The van der Waals surface area contributed by atoms with Gasteiger partial charge in [0.2, 0.25) is 5.91 Å². The molecule has 1 amide bonds. The molecule has 0 atom stereocenters. The zero-order valence-electron chi connectivity index (χ0n) is 12.9. The molecular weight excluding hydrogens is 286 g/mol. The number of nitrogens with one attached hydrogen (secondary N) is 1. The minimum Gasteiger partial charge on any atom is -0.399 e. The van der Waals surface area contributed by atoms with Crippen molar-refractivity contribution in [2.45, 2.75) is 19.4 Å². The van der Waals surface area contributed by atoms with Gasteiger partial charge in [0.05, 0.1) is 6.42 Å². The number of rotatable bonds is 2. The number of hydrogen-bond donors (Lipinski definition) is 2. The highest BCUT2D eigenvalue weighted by molar-refractivity contribution is 5.89. The first-order valence-corrected chi connectivity index (χ1v) is 7.91. The third-order valence-corrected chi connectivity index (χ3v) is 4.61. The molecule has 0 saturated heterocycles. The van der Waals surface area contributed by atoms with Crippen LogP contribution in [0.15, 0.2) is 48.7 Å². The summed E-state index contributed by atoms with van der Waals surface area (Å²) in [5, 5.41) is 1.13. The average Bonchev–Trinajstić information content (AvgIpc) is 2.97. The average molecular weight is 305 g/mol. The smallest absolute Gasteiger partial charge is 0.227 e. The number of para-hydroxylation sites is 1. The Labute approximate surface area is 134 Å². The number of carbonyl (C=O) groups is 1. The number of fused-ring (bicyclic) bond motifs is 2. The van der Waals surface area contributed by atoms with Crippen LogP contribution in [-0.2, 0) is 24.2 Å². The fraction of sp³-hybridized carbons (Fsp3) is 0.211. The van der Waals surface area contributed by atoms with Gasteiger partial charge in [-0.15, -0.1) is 0 Å². The summed E-state index contributed by atoms with van der Waals surface area (Å²) in [4.78, 5) is 17.9. The van der Waals surface area contributed by atoms with E-state index in [2.05, 4.69) is 17.1 Å². The summed E-state index contributed by atoms with van der Waals surface area (Å²) in [5.74, 6) is 0.169. The van der Waals surface area contributed by atoms with Crippen LogP contribution in [0.5, 0.6) is 0 Å². The van der Waals surface area contributed by atoms with Crippen LogP contribution in [0.4, 0.5) is 5.69 Å². The molecule has 0 aliphatic carbocycles. The second-order valence-electron chi connectivity index (χ2n) is 6.13. The largest absolute Gasteiger partial charge is 0.399 e. The van der Waals surface area contributed by atoms with Gasteiger partial charge < -0.3 is 15.6 Å². The molecule has 23 heavy (non-hydrogen) atoms. The molecule has 3 aromatic rings. The quantitative estimate of drug-likeness (QED) is 0.715. The van der Waals surface area contributed by atoms with Crippen molar-refractivity contribution in [1.29, 1.82) is 0 Å². The van der Waals surface area contributed by atoms with E-state index in [9.17, 15) is 4.79 Å². The molecule has 4 nitrogen and oxygen atoms in total. The summed E-state index contributed by atoms with van der Waals surface area (Å²) >= 11 is 0. The van der Waals surface area contributed by atoms with Crippen LogP contribution in [-0.4, -0.2) is 22.3 Å². The number of aromatic amines is 1. The lowest BCUT2D eigenvalue weighted by molar-refractivity contribution is -0.131.